The molecule has 1 aliphatic carbocycles. The van der Waals surface area contributed by atoms with Crippen molar-refractivity contribution in [3.63, 3.8) is 0 Å². The second kappa shape index (κ2) is 9.95. The van der Waals surface area contributed by atoms with Gasteiger partial charge >= 0.3 is 5.97 Å². The quantitative estimate of drug-likeness (QED) is 0.435. The van der Waals surface area contributed by atoms with Gasteiger partial charge in [-0.1, -0.05) is 17.7 Å². The summed E-state index contributed by atoms with van der Waals surface area (Å²) in [4.78, 5) is 13.1. The fourth-order valence-corrected chi connectivity index (χ4v) is 4.19. The molecule has 0 radical (unpaired) electrons. The first-order chi connectivity index (χ1) is 15.5. The predicted molar refractivity (Wildman–Crippen MR) is 122 cm³/mol. The van der Waals surface area contributed by atoms with Crippen LogP contribution < -0.4 is 4.74 Å². The van der Waals surface area contributed by atoms with Crippen LogP contribution in [0.1, 0.15) is 49.2 Å². The van der Waals surface area contributed by atoms with Gasteiger partial charge < -0.3 is 34.3 Å². The topological polar surface area (TPSA) is 115 Å². The first-order valence-corrected chi connectivity index (χ1v) is 11.0. The Morgan fingerprint density at radius 2 is 1.61 bits per heavy atom. The smallest absolute Gasteiger partial charge is 0.338 e. The minimum Gasteiger partial charge on any atom is -0.483 e. The van der Waals surface area contributed by atoms with Crippen molar-refractivity contribution in [1.29, 1.82) is 0 Å². The third-order valence-corrected chi connectivity index (χ3v) is 6.00. The summed E-state index contributed by atoms with van der Waals surface area (Å²) in [5.41, 5.74) is 2.47. The molecule has 1 aromatic carbocycles. The Hall–Kier alpha value is -2.23. The van der Waals surface area contributed by atoms with E-state index in [-0.39, 0.29) is 5.56 Å². The fraction of sp³-hybridized carbons (Fsp3) is 0.560. The number of carbonyl (C=O) groups excluding carboxylic acids is 1. The molecule has 8 heteroatoms. The van der Waals surface area contributed by atoms with Gasteiger partial charge in [-0.3, -0.25) is 0 Å². The van der Waals surface area contributed by atoms with Crippen molar-refractivity contribution in [2.24, 2.45) is 0 Å². The minimum absolute atomic E-state index is 0.257. The largest absolute Gasteiger partial charge is 0.483 e. The van der Waals surface area contributed by atoms with Gasteiger partial charge in [-0.15, -0.1) is 0 Å². The monoisotopic (exact) mass is 462 g/mol. The first-order valence-electron chi connectivity index (χ1n) is 11.0. The van der Waals surface area contributed by atoms with Crippen molar-refractivity contribution in [3.8, 4) is 5.75 Å². The number of carbonyl (C=O) groups is 1. The van der Waals surface area contributed by atoms with Crippen molar-refractivity contribution in [1.82, 2.24) is 0 Å². The zero-order chi connectivity index (χ0) is 24.5. The van der Waals surface area contributed by atoms with Gasteiger partial charge in [-0.05, 0) is 57.9 Å². The summed E-state index contributed by atoms with van der Waals surface area (Å²) in [5.74, 6) is -0.0185. The van der Waals surface area contributed by atoms with Crippen LogP contribution in [0, 0.1) is 0 Å². The molecule has 1 aromatic rings. The third kappa shape index (κ3) is 5.31. The average Bonchev–Trinajstić information content (AvgIpc) is 2.75. The lowest BCUT2D eigenvalue weighted by atomic mass is 9.84. The predicted octanol–water partition coefficient (Wildman–Crippen LogP) is 2.03. The lowest BCUT2D eigenvalue weighted by molar-refractivity contribution is -0.235. The molecule has 1 saturated carbocycles. The van der Waals surface area contributed by atoms with Gasteiger partial charge in [0.25, 0.3) is 0 Å². The molecule has 182 valence electrons. The average molecular weight is 463 g/mol. The van der Waals surface area contributed by atoms with Gasteiger partial charge in [-0.2, -0.15) is 0 Å². The van der Waals surface area contributed by atoms with Crippen molar-refractivity contribution in [2.75, 3.05) is 14.2 Å². The van der Waals surface area contributed by atoms with Crippen molar-refractivity contribution in [2.45, 2.75) is 76.3 Å². The van der Waals surface area contributed by atoms with Crippen LogP contribution in [0.15, 0.2) is 29.9 Å². The van der Waals surface area contributed by atoms with Crippen LogP contribution >= 0.6 is 0 Å². The highest BCUT2D eigenvalue weighted by Crippen LogP contribution is 2.36. The van der Waals surface area contributed by atoms with Crippen LogP contribution in [0.3, 0.4) is 0 Å². The molecule has 0 amide bonds. The lowest BCUT2D eigenvalue weighted by Crippen LogP contribution is -2.65. The molecule has 0 aromatic heterocycles. The summed E-state index contributed by atoms with van der Waals surface area (Å²) >= 11 is 0. The van der Waals surface area contributed by atoms with Crippen LogP contribution in [-0.2, 0) is 20.6 Å². The molecule has 1 fully saturated rings. The van der Waals surface area contributed by atoms with Crippen molar-refractivity contribution < 1.29 is 39.1 Å². The Balaban J connectivity index is 1.93. The van der Waals surface area contributed by atoms with E-state index in [2.05, 4.69) is 0 Å². The maximum atomic E-state index is 13.1. The maximum Gasteiger partial charge on any atom is 0.338 e. The Morgan fingerprint density at radius 3 is 2.15 bits per heavy atom. The van der Waals surface area contributed by atoms with Crippen LogP contribution in [0.25, 0.3) is 6.08 Å². The molecule has 1 aliphatic heterocycles. The third-order valence-electron chi connectivity index (χ3n) is 6.00. The normalized spacial score (nSPS) is 30.2. The van der Waals surface area contributed by atoms with Gasteiger partial charge in [0.2, 0.25) is 0 Å². The van der Waals surface area contributed by atoms with E-state index in [0.29, 0.717) is 12.2 Å². The standard InChI is InChI=1S/C25H34O8/c1-13(2)7-8-14-11-16(12-15-9-10-25(3,4)33-20(14)15)24(29)32-23-18(27)21(30-5)17(26)22(31-6)19(23)28/h7,9-12,17-19,21-23,26-28H,8H2,1-6H3/t17?,18-,19+,21-,22-,23?/m0/s1. The van der Waals surface area contributed by atoms with E-state index in [1.165, 1.54) is 14.2 Å². The zero-order valence-electron chi connectivity index (χ0n) is 19.9. The number of allylic oxidation sites excluding steroid dienone is 2. The Bertz CT molecular complexity index is 913. The van der Waals surface area contributed by atoms with Gasteiger partial charge in [0.1, 0.15) is 41.9 Å². The molecule has 3 rings (SSSR count). The SMILES string of the molecule is CO[C@H]1C(O)[C@H](OC)[C@@H](O)C(OC(=O)c2cc3c(c(CC=C(C)C)c2)OC(C)(C)C=C3)[C@H]1O. The lowest BCUT2D eigenvalue weighted by Gasteiger charge is -2.43. The van der Waals surface area contributed by atoms with E-state index >= 15 is 0 Å². The fourth-order valence-electron chi connectivity index (χ4n) is 4.19. The van der Waals surface area contributed by atoms with E-state index in [1.54, 1.807) is 12.1 Å². The highest BCUT2D eigenvalue weighted by Gasteiger charge is 2.52. The number of benzene rings is 1. The molecule has 1 heterocycles. The number of methoxy groups -OCH3 is 2. The van der Waals surface area contributed by atoms with E-state index in [4.69, 9.17) is 18.9 Å². The molecule has 0 bridgehead atoms. The molecule has 0 saturated heterocycles. The highest BCUT2D eigenvalue weighted by molar-refractivity contribution is 5.91. The van der Waals surface area contributed by atoms with Gasteiger partial charge in [0.15, 0.2) is 6.10 Å². The number of aliphatic hydroxyl groups excluding tert-OH is 3. The summed E-state index contributed by atoms with van der Waals surface area (Å²) in [6.07, 6.45) is -1.27. The van der Waals surface area contributed by atoms with E-state index in [1.807, 2.05) is 45.9 Å². The molecular weight excluding hydrogens is 428 g/mol. The molecule has 8 nitrogen and oxygen atoms in total. The van der Waals surface area contributed by atoms with Crippen LogP contribution in [0.5, 0.6) is 5.75 Å². The Labute approximate surface area is 194 Å². The first kappa shape index (κ1) is 25.4. The number of ether oxygens (including phenoxy) is 4. The van der Waals surface area contributed by atoms with Gasteiger partial charge in [0, 0.05) is 19.8 Å². The number of hydrogen-bond donors (Lipinski definition) is 3. The van der Waals surface area contributed by atoms with E-state index in [0.717, 1.165) is 16.7 Å². The molecular formula is C25H34O8. The van der Waals surface area contributed by atoms with Gasteiger partial charge in [0.05, 0.1) is 5.56 Å². The number of aliphatic hydroxyl groups is 3. The Morgan fingerprint density at radius 1 is 1.03 bits per heavy atom. The summed E-state index contributed by atoms with van der Waals surface area (Å²) < 4.78 is 22.0. The molecule has 33 heavy (non-hydrogen) atoms. The number of esters is 1. The van der Waals surface area contributed by atoms with Crippen LogP contribution in [0.4, 0.5) is 0 Å². The summed E-state index contributed by atoms with van der Waals surface area (Å²) in [7, 11) is 2.63. The molecule has 6 atom stereocenters. The van der Waals surface area contributed by atoms with E-state index < -0.39 is 48.2 Å². The molecule has 3 N–H and O–H groups in total. The van der Waals surface area contributed by atoms with Crippen LogP contribution in [0.2, 0.25) is 0 Å². The van der Waals surface area contributed by atoms with Crippen molar-refractivity contribution in [3.05, 3.63) is 46.5 Å². The molecule has 2 unspecified atom stereocenters. The summed E-state index contributed by atoms with van der Waals surface area (Å²) in [6.45, 7) is 7.90. The second-order valence-electron chi connectivity index (χ2n) is 9.32. The van der Waals surface area contributed by atoms with Crippen LogP contribution in [-0.4, -0.2) is 77.7 Å². The number of fused-ring (bicyclic) bond motifs is 1. The summed E-state index contributed by atoms with van der Waals surface area (Å²) in [5, 5.41) is 31.5. The van der Waals surface area contributed by atoms with Crippen molar-refractivity contribution >= 4 is 12.0 Å². The van der Waals surface area contributed by atoms with Gasteiger partial charge in [-0.25, -0.2) is 4.79 Å². The summed E-state index contributed by atoms with van der Waals surface area (Å²) in [6, 6.07) is 3.36. The minimum atomic E-state index is -1.44. The van der Waals surface area contributed by atoms with E-state index in [9.17, 15) is 20.1 Å². The highest BCUT2D eigenvalue weighted by atomic mass is 16.6. The molecule has 0 spiro atoms. The molecule has 2 aliphatic rings. The maximum absolute atomic E-state index is 13.1. The number of rotatable bonds is 6. The number of hydrogen-bond acceptors (Lipinski definition) is 8. The Kier molecular flexibility index (Phi) is 7.65. The second-order valence-corrected chi connectivity index (χ2v) is 9.32. The zero-order valence-corrected chi connectivity index (χ0v) is 19.9.